The highest BCUT2D eigenvalue weighted by Gasteiger charge is 2.17. The van der Waals surface area contributed by atoms with Crippen LogP contribution in [0.3, 0.4) is 0 Å². The zero-order valence-corrected chi connectivity index (χ0v) is 12.0. The molecule has 0 fully saturated rings. The lowest BCUT2D eigenvalue weighted by molar-refractivity contribution is -0.151. The normalized spacial score (nSPS) is 11.2. The van der Waals surface area contributed by atoms with Gasteiger partial charge in [-0.05, 0) is 26.8 Å². The van der Waals surface area contributed by atoms with E-state index < -0.39 is 11.5 Å². The average molecular weight is 286 g/mol. The number of esters is 1. The summed E-state index contributed by atoms with van der Waals surface area (Å²) >= 11 is 1.31. The average Bonchev–Trinajstić information content (AvgIpc) is 2.74. The van der Waals surface area contributed by atoms with Gasteiger partial charge in [0.25, 0.3) is 5.91 Å². The summed E-state index contributed by atoms with van der Waals surface area (Å²) in [6.07, 6.45) is 1.41. The van der Waals surface area contributed by atoms with Gasteiger partial charge in [0.15, 0.2) is 0 Å². The molecule has 0 bridgehead atoms. The van der Waals surface area contributed by atoms with E-state index in [1.165, 1.54) is 24.1 Å². The van der Waals surface area contributed by atoms with E-state index in [0.717, 1.165) is 0 Å². The first kappa shape index (κ1) is 15.6. The zero-order valence-electron chi connectivity index (χ0n) is 11.2. The van der Waals surface area contributed by atoms with Crippen LogP contribution in [0.5, 0.6) is 0 Å². The highest BCUT2D eigenvalue weighted by atomic mass is 32.2. The molecule has 0 aliphatic rings. The molecule has 19 heavy (non-hydrogen) atoms. The Bertz CT molecular complexity index is 451. The molecule has 1 aromatic rings. The Morgan fingerprint density at radius 2 is 2.16 bits per heavy atom. The quantitative estimate of drug-likeness (QED) is 0.368. The fourth-order valence-electron chi connectivity index (χ4n) is 1.33. The second-order valence-corrected chi connectivity index (χ2v) is 5.80. The lowest BCUT2D eigenvalue weighted by Gasteiger charge is -2.19. The number of hydrogen-bond acceptors (Lipinski definition) is 6. The van der Waals surface area contributed by atoms with Crippen LogP contribution in [0.1, 0.15) is 36.9 Å². The number of carbonyl (C=O) groups excluding carboxylic acids is 2. The number of carbonyl (C=O) groups is 2. The third-order valence-electron chi connectivity index (χ3n) is 1.99. The maximum absolute atomic E-state index is 11.5. The van der Waals surface area contributed by atoms with Gasteiger partial charge in [-0.3, -0.25) is 15.0 Å². The summed E-state index contributed by atoms with van der Waals surface area (Å²) in [5, 5.41) is 0. The summed E-state index contributed by atoms with van der Waals surface area (Å²) in [6.45, 7) is 5.43. The molecule has 0 aromatic carbocycles. The van der Waals surface area contributed by atoms with Gasteiger partial charge in [-0.1, -0.05) is 0 Å². The molecule has 1 rings (SSSR count). The molecule has 1 amide bonds. The van der Waals surface area contributed by atoms with Crippen LogP contribution in [0.4, 0.5) is 0 Å². The molecule has 0 saturated carbocycles. The number of amides is 1. The van der Waals surface area contributed by atoms with Gasteiger partial charge in [-0.25, -0.2) is 5.84 Å². The van der Waals surface area contributed by atoms with Crippen LogP contribution in [-0.4, -0.2) is 23.2 Å². The number of nitrogens with one attached hydrogen (secondary N) is 1. The summed E-state index contributed by atoms with van der Waals surface area (Å²) < 4.78 is 10.3. The Morgan fingerprint density at radius 3 is 2.74 bits per heavy atom. The summed E-state index contributed by atoms with van der Waals surface area (Å²) in [5.74, 6) is 5.42. The van der Waals surface area contributed by atoms with Gasteiger partial charge in [-0.2, -0.15) is 0 Å². The van der Waals surface area contributed by atoms with Gasteiger partial charge in [0, 0.05) is 0 Å². The number of thioether (sulfide) groups is 1. The van der Waals surface area contributed by atoms with E-state index in [4.69, 9.17) is 15.0 Å². The number of nitrogen functional groups attached to an aromatic ring is 1. The molecule has 0 aliphatic carbocycles. The summed E-state index contributed by atoms with van der Waals surface area (Å²) in [5.41, 5.74) is 1.92. The Balaban J connectivity index is 2.44. The number of rotatable bonds is 5. The first-order valence-corrected chi connectivity index (χ1v) is 6.86. The maximum Gasteiger partial charge on any atom is 0.316 e. The third kappa shape index (κ3) is 5.35. The predicted molar refractivity (Wildman–Crippen MR) is 72.4 cm³/mol. The Kier molecular flexibility index (Phi) is 5.44. The van der Waals surface area contributed by atoms with Gasteiger partial charge in [0.2, 0.25) is 0 Å². The van der Waals surface area contributed by atoms with E-state index in [0.29, 0.717) is 17.1 Å². The molecule has 0 radical (unpaired) electrons. The monoisotopic (exact) mass is 286 g/mol. The van der Waals surface area contributed by atoms with Crippen molar-refractivity contribution in [1.82, 2.24) is 5.43 Å². The minimum absolute atomic E-state index is 0.196. The van der Waals surface area contributed by atoms with E-state index in [1.807, 2.05) is 26.2 Å². The van der Waals surface area contributed by atoms with Crippen molar-refractivity contribution < 1.29 is 18.7 Å². The standard InChI is InChI=1S/C12H18N2O4S/c1-12(2,3)18-10(15)7-19-6-9-8(4-5-17-9)11(16)14-13/h4-5H,6-7,13H2,1-3H3,(H,14,16). The van der Waals surface area contributed by atoms with Crippen LogP contribution in [0.15, 0.2) is 16.7 Å². The van der Waals surface area contributed by atoms with Gasteiger partial charge in [0.1, 0.15) is 11.4 Å². The SMILES string of the molecule is CC(C)(C)OC(=O)CSCc1occc1C(=O)NN. The van der Waals surface area contributed by atoms with Crippen molar-refractivity contribution in [3.8, 4) is 0 Å². The number of ether oxygens (including phenoxy) is 1. The maximum atomic E-state index is 11.5. The highest BCUT2D eigenvalue weighted by Crippen LogP contribution is 2.18. The van der Waals surface area contributed by atoms with Gasteiger partial charge in [-0.15, -0.1) is 11.8 Å². The van der Waals surface area contributed by atoms with Crippen molar-refractivity contribution in [3.05, 3.63) is 23.7 Å². The van der Waals surface area contributed by atoms with Gasteiger partial charge < -0.3 is 9.15 Å². The molecular formula is C12H18N2O4S. The van der Waals surface area contributed by atoms with E-state index in [1.54, 1.807) is 0 Å². The van der Waals surface area contributed by atoms with Crippen molar-refractivity contribution >= 4 is 23.6 Å². The van der Waals surface area contributed by atoms with Crippen LogP contribution in [0.25, 0.3) is 0 Å². The summed E-state index contributed by atoms with van der Waals surface area (Å²) in [7, 11) is 0. The van der Waals surface area contributed by atoms with Crippen LogP contribution >= 0.6 is 11.8 Å². The Hall–Kier alpha value is -1.47. The summed E-state index contributed by atoms with van der Waals surface area (Å²) in [4.78, 5) is 22.9. The van der Waals surface area contributed by atoms with Crippen LogP contribution < -0.4 is 11.3 Å². The van der Waals surface area contributed by atoms with Crippen LogP contribution in [0, 0.1) is 0 Å². The summed E-state index contributed by atoms with van der Waals surface area (Å²) in [6, 6.07) is 1.53. The van der Waals surface area contributed by atoms with Crippen molar-refractivity contribution in [2.75, 3.05) is 5.75 Å². The lowest BCUT2D eigenvalue weighted by Crippen LogP contribution is -2.30. The fraction of sp³-hybridized carbons (Fsp3) is 0.500. The number of hydrogen-bond donors (Lipinski definition) is 2. The molecule has 7 heteroatoms. The van der Waals surface area contributed by atoms with Crippen LogP contribution in [-0.2, 0) is 15.3 Å². The first-order valence-electron chi connectivity index (χ1n) is 5.70. The second kappa shape index (κ2) is 6.63. The second-order valence-electron chi connectivity index (χ2n) is 4.81. The molecule has 1 heterocycles. The van der Waals surface area contributed by atoms with E-state index in [2.05, 4.69) is 0 Å². The molecule has 0 saturated heterocycles. The van der Waals surface area contributed by atoms with Crippen molar-refractivity contribution in [1.29, 1.82) is 0 Å². The molecular weight excluding hydrogens is 268 g/mol. The molecule has 6 nitrogen and oxygen atoms in total. The van der Waals surface area contributed by atoms with E-state index in [9.17, 15) is 9.59 Å². The smallest absolute Gasteiger partial charge is 0.316 e. The largest absolute Gasteiger partial charge is 0.468 e. The minimum Gasteiger partial charge on any atom is -0.468 e. The van der Waals surface area contributed by atoms with Gasteiger partial charge in [0.05, 0.1) is 23.3 Å². The Morgan fingerprint density at radius 1 is 1.47 bits per heavy atom. The fourth-order valence-corrected chi connectivity index (χ4v) is 2.07. The molecule has 0 aliphatic heterocycles. The van der Waals surface area contributed by atoms with Crippen molar-refractivity contribution in [2.45, 2.75) is 32.1 Å². The minimum atomic E-state index is -0.493. The topological polar surface area (TPSA) is 94.6 Å². The van der Waals surface area contributed by atoms with E-state index in [-0.39, 0.29) is 11.7 Å². The molecule has 0 unspecified atom stereocenters. The molecule has 0 atom stereocenters. The zero-order chi connectivity index (χ0) is 14.5. The highest BCUT2D eigenvalue weighted by molar-refractivity contribution is 7.99. The number of furan rings is 1. The Labute approximate surface area is 116 Å². The molecule has 1 aromatic heterocycles. The number of hydrazine groups is 1. The van der Waals surface area contributed by atoms with Crippen molar-refractivity contribution in [3.63, 3.8) is 0 Å². The third-order valence-corrected chi connectivity index (χ3v) is 2.90. The van der Waals surface area contributed by atoms with Crippen molar-refractivity contribution in [2.24, 2.45) is 5.84 Å². The lowest BCUT2D eigenvalue weighted by atomic mass is 10.2. The molecule has 106 valence electrons. The van der Waals surface area contributed by atoms with E-state index >= 15 is 0 Å². The first-order chi connectivity index (χ1) is 8.83. The van der Waals surface area contributed by atoms with Crippen LogP contribution in [0.2, 0.25) is 0 Å². The molecule has 0 spiro atoms. The van der Waals surface area contributed by atoms with Gasteiger partial charge >= 0.3 is 5.97 Å². The molecule has 3 N–H and O–H groups in total. The number of nitrogens with two attached hydrogens (primary N) is 1. The predicted octanol–water partition coefficient (Wildman–Crippen LogP) is 1.46.